The van der Waals surface area contributed by atoms with Gasteiger partial charge < -0.3 is 0 Å². The SMILES string of the molecule is CS(O)(O)S. The summed E-state index contributed by atoms with van der Waals surface area (Å²) in [4.78, 5) is 0. The number of thiol groups is 1. The van der Waals surface area contributed by atoms with Gasteiger partial charge in [0.15, 0.2) is 0 Å². The van der Waals surface area contributed by atoms with Crippen molar-refractivity contribution < 1.29 is 9.11 Å². The molecule has 0 aromatic carbocycles. The minimum Gasteiger partial charge on any atom is -0.290 e. The average Bonchev–Trinajstić information content (AvgIpc) is 0.722. The van der Waals surface area contributed by atoms with Gasteiger partial charge in [-0.2, -0.15) is 9.62 Å². The fourth-order valence-electron chi connectivity index (χ4n) is 0. The Bertz CT molecular complexity index is 23.1. The Balaban J connectivity index is 3.02. The topological polar surface area (TPSA) is 40.5 Å². The number of hydrogen-bond acceptors (Lipinski definition) is 3. The van der Waals surface area contributed by atoms with Gasteiger partial charge in [0.2, 0.25) is 0 Å². The molecule has 2 N–H and O–H groups in total. The molecule has 0 amide bonds. The van der Waals surface area contributed by atoms with E-state index in [9.17, 15) is 0 Å². The van der Waals surface area contributed by atoms with Crippen LogP contribution in [0.5, 0.6) is 0 Å². The number of rotatable bonds is 0. The lowest BCUT2D eigenvalue weighted by Crippen LogP contribution is -1.76. The average molecular weight is 114 g/mol. The summed E-state index contributed by atoms with van der Waals surface area (Å²) in [5, 5.41) is 0. The third-order valence-electron chi connectivity index (χ3n) is 0. The second-order valence-electron chi connectivity index (χ2n) is 0.793. The fraction of sp³-hybridized carbons (Fsp3) is 1.00. The standard InChI is InChI=1S/CH6O2S2/c1-5(2,3)4/h2-4H,1H3. The van der Waals surface area contributed by atoms with Gasteiger partial charge in [0, 0.05) is 6.26 Å². The molecule has 0 aliphatic heterocycles. The number of hydrogen-bond donors (Lipinski definition) is 3. The maximum atomic E-state index is 8.02. The van der Waals surface area contributed by atoms with Crippen LogP contribution in [0.2, 0.25) is 0 Å². The zero-order valence-electron chi connectivity index (χ0n) is 2.75. The normalized spacial score (nSPS) is 15.2. The molecule has 0 radical (unpaired) electrons. The molecule has 0 aromatic heterocycles. The molecule has 0 fully saturated rings. The molecule has 4 heteroatoms. The minimum absolute atomic E-state index is 1.25. The highest BCUT2D eigenvalue weighted by atomic mass is 33.2. The van der Waals surface area contributed by atoms with Crippen LogP contribution in [-0.2, 0) is 0 Å². The lowest BCUT2D eigenvalue weighted by Gasteiger charge is -2.15. The van der Waals surface area contributed by atoms with E-state index in [1.165, 1.54) is 6.26 Å². The summed E-state index contributed by atoms with van der Waals surface area (Å²) in [6.07, 6.45) is 1.25. The van der Waals surface area contributed by atoms with Crippen molar-refractivity contribution in [3.8, 4) is 0 Å². The molecule has 2 nitrogen and oxygen atoms in total. The first-order chi connectivity index (χ1) is 2.00. The molecule has 0 saturated carbocycles. The third kappa shape index (κ3) is 82.5. The first kappa shape index (κ1) is 5.62. The predicted octanol–water partition coefficient (Wildman–Crippen LogP) is 1.21. The van der Waals surface area contributed by atoms with Crippen LogP contribution in [0.15, 0.2) is 0 Å². The van der Waals surface area contributed by atoms with E-state index < -0.39 is 9.62 Å². The second-order valence-corrected chi connectivity index (χ2v) is 4.45. The van der Waals surface area contributed by atoms with Gasteiger partial charge in [-0.1, -0.05) is 11.7 Å². The molecule has 34 valence electrons. The smallest absolute Gasteiger partial charge is 0.0368 e. The highest BCUT2D eigenvalue weighted by Crippen LogP contribution is 2.37. The van der Waals surface area contributed by atoms with E-state index in [1.807, 2.05) is 0 Å². The van der Waals surface area contributed by atoms with Gasteiger partial charge in [-0.3, -0.25) is 9.11 Å². The van der Waals surface area contributed by atoms with Gasteiger partial charge in [0.1, 0.15) is 0 Å². The van der Waals surface area contributed by atoms with Crippen LogP contribution in [0.25, 0.3) is 0 Å². The van der Waals surface area contributed by atoms with Gasteiger partial charge in [0.25, 0.3) is 0 Å². The first-order valence-electron chi connectivity index (χ1n) is 0.956. The van der Waals surface area contributed by atoms with Crippen molar-refractivity contribution in [1.29, 1.82) is 0 Å². The highest BCUT2D eigenvalue weighted by Gasteiger charge is 1.86. The Kier molecular flexibility index (Phi) is 1.55. The van der Waals surface area contributed by atoms with Crippen molar-refractivity contribution in [3.63, 3.8) is 0 Å². The summed E-state index contributed by atoms with van der Waals surface area (Å²) >= 11 is 3.32. The summed E-state index contributed by atoms with van der Waals surface area (Å²) in [5.41, 5.74) is 0. The van der Waals surface area contributed by atoms with E-state index in [-0.39, 0.29) is 0 Å². The molecule has 0 saturated heterocycles. The zero-order chi connectivity index (χ0) is 4.50. The van der Waals surface area contributed by atoms with Gasteiger partial charge in [-0.25, -0.2) is 0 Å². The van der Waals surface area contributed by atoms with E-state index >= 15 is 0 Å². The van der Waals surface area contributed by atoms with Crippen LogP contribution < -0.4 is 0 Å². The van der Waals surface area contributed by atoms with E-state index in [0.717, 1.165) is 0 Å². The minimum atomic E-state index is -2.47. The van der Waals surface area contributed by atoms with Gasteiger partial charge in [-0.15, -0.1) is 0 Å². The summed E-state index contributed by atoms with van der Waals surface area (Å²) in [5.74, 6) is 0. The third-order valence-corrected chi connectivity index (χ3v) is 0. The quantitative estimate of drug-likeness (QED) is 0.327. The Hall–Kier alpha value is 0.620. The summed E-state index contributed by atoms with van der Waals surface area (Å²) in [6.45, 7) is 0. The molecule has 0 heterocycles. The molecular formula is CH6O2S2. The Morgan fingerprint density at radius 2 is 1.60 bits per heavy atom. The Morgan fingerprint density at radius 3 is 1.60 bits per heavy atom. The van der Waals surface area contributed by atoms with Gasteiger partial charge >= 0.3 is 0 Å². The molecule has 0 aliphatic carbocycles. The lowest BCUT2D eigenvalue weighted by atomic mass is 12.0. The largest absolute Gasteiger partial charge is 0.290 e. The molecule has 0 rings (SSSR count). The molecule has 0 aliphatic rings. The molecule has 5 heavy (non-hydrogen) atoms. The maximum absolute atomic E-state index is 8.02. The Morgan fingerprint density at radius 1 is 1.60 bits per heavy atom. The van der Waals surface area contributed by atoms with Crippen LogP contribution >= 0.6 is 21.3 Å². The van der Waals surface area contributed by atoms with E-state index in [2.05, 4.69) is 11.7 Å². The van der Waals surface area contributed by atoms with Crippen LogP contribution in [-0.4, -0.2) is 15.4 Å². The van der Waals surface area contributed by atoms with Gasteiger partial charge in [-0.05, 0) is 0 Å². The molecule has 0 bridgehead atoms. The monoisotopic (exact) mass is 114 g/mol. The second kappa shape index (κ2) is 1.38. The molecular weight excluding hydrogens is 108 g/mol. The van der Waals surface area contributed by atoms with Crippen molar-refractivity contribution in [3.05, 3.63) is 0 Å². The fourth-order valence-corrected chi connectivity index (χ4v) is 0. The molecule has 0 unspecified atom stereocenters. The summed E-state index contributed by atoms with van der Waals surface area (Å²) in [6, 6.07) is 0. The Labute approximate surface area is 37.4 Å². The summed E-state index contributed by atoms with van der Waals surface area (Å²) < 4.78 is 16.0. The zero-order valence-corrected chi connectivity index (χ0v) is 4.46. The molecule has 0 spiro atoms. The lowest BCUT2D eigenvalue weighted by molar-refractivity contribution is 0.517. The van der Waals surface area contributed by atoms with Crippen molar-refractivity contribution in [1.82, 2.24) is 0 Å². The highest BCUT2D eigenvalue weighted by molar-refractivity contribution is 8.82. The summed E-state index contributed by atoms with van der Waals surface area (Å²) in [7, 11) is -2.47. The van der Waals surface area contributed by atoms with Crippen molar-refractivity contribution in [2.75, 3.05) is 6.26 Å². The van der Waals surface area contributed by atoms with E-state index in [4.69, 9.17) is 9.11 Å². The van der Waals surface area contributed by atoms with Crippen LogP contribution in [0.4, 0.5) is 0 Å². The van der Waals surface area contributed by atoms with Crippen molar-refractivity contribution in [2.24, 2.45) is 0 Å². The van der Waals surface area contributed by atoms with E-state index in [0.29, 0.717) is 0 Å². The predicted molar refractivity (Wildman–Crippen MR) is 27.8 cm³/mol. The van der Waals surface area contributed by atoms with E-state index in [1.54, 1.807) is 0 Å². The molecule has 0 atom stereocenters. The maximum Gasteiger partial charge on any atom is 0.0368 e. The first-order valence-corrected chi connectivity index (χ1v) is 3.96. The van der Waals surface area contributed by atoms with Crippen LogP contribution in [0.1, 0.15) is 0 Å². The van der Waals surface area contributed by atoms with Crippen molar-refractivity contribution in [2.45, 2.75) is 0 Å². The van der Waals surface area contributed by atoms with Gasteiger partial charge in [0.05, 0.1) is 0 Å². The van der Waals surface area contributed by atoms with Crippen LogP contribution in [0.3, 0.4) is 0 Å². The molecule has 0 aromatic rings. The van der Waals surface area contributed by atoms with Crippen LogP contribution in [0, 0.1) is 0 Å². The van der Waals surface area contributed by atoms with Crippen molar-refractivity contribution >= 4 is 21.3 Å².